The first-order chi connectivity index (χ1) is 13.8. The molecule has 0 bridgehead atoms. The standard InChI is InChI=1S/C20H23ClN4O3S/c1-29(27,28)25-9-3-4-15-14-16(6-7-18(15)25)20(26)24-12-10-23(11-13-24)19-17(21)5-2-8-22-19/h2,5-8,14H,3-4,9-13H2,1H3. The van der Waals surface area contributed by atoms with Crippen LogP contribution in [0, 0.1) is 0 Å². The Morgan fingerprint density at radius 3 is 2.55 bits per heavy atom. The molecule has 3 heterocycles. The first-order valence-electron chi connectivity index (χ1n) is 9.60. The third-order valence-electron chi connectivity index (χ3n) is 5.41. The lowest BCUT2D eigenvalue weighted by Crippen LogP contribution is -2.49. The number of hydrogen-bond acceptors (Lipinski definition) is 5. The molecule has 1 amide bonds. The zero-order valence-electron chi connectivity index (χ0n) is 16.2. The molecule has 0 radical (unpaired) electrons. The van der Waals surface area contributed by atoms with Crippen molar-refractivity contribution < 1.29 is 13.2 Å². The van der Waals surface area contributed by atoms with Crippen LogP contribution in [0.15, 0.2) is 36.5 Å². The number of pyridine rings is 1. The second kappa shape index (κ2) is 7.84. The molecule has 9 heteroatoms. The summed E-state index contributed by atoms with van der Waals surface area (Å²) in [6.45, 7) is 2.97. The van der Waals surface area contributed by atoms with E-state index in [1.807, 2.05) is 17.0 Å². The summed E-state index contributed by atoms with van der Waals surface area (Å²) in [5.74, 6) is 0.715. The molecule has 0 unspecified atom stereocenters. The first kappa shape index (κ1) is 20.0. The van der Waals surface area contributed by atoms with E-state index in [-0.39, 0.29) is 5.91 Å². The Bertz CT molecular complexity index is 1040. The van der Waals surface area contributed by atoms with Crippen LogP contribution in [0.5, 0.6) is 0 Å². The number of piperazine rings is 1. The summed E-state index contributed by atoms with van der Waals surface area (Å²) < 4.78 is 25.5. The van der Waals surface area contributed by atoms with Gasteiger partial charge in [-0.3, -0.25) is 9.10 Å². The number of rotatable bonds is 3. The fourth-order valence-corrected chi connectivity index (χ4v) is 5.19. The Labute approximate surface area is 175 Å². The maximum absolute atomic E-state index is 13.0. The van der Waals surface area contributed by atoms with Crippen LogP contribution in [0.3, 0.4) is 0 Å². The molecular weight excluding hydrogens is 412 g/mol. The number of sulfonamides is 1. The van der Waals surface area contributed by atoms with Crippen LogP contribution in [0.4, 0.5) is 11.5 Å². The smallest absolute Gasteiger partial charge is 0.253 e. The van der Waals surface area contributed by atoms with Crippen LogP contribution >= 0.6 is 11.6 Å². The van der Waals surface area contributed by atoms with Gasteiger partial charge in [0.25, 0.3) is 5.91 Å². The zero-order chi connectivity index (χ0) is 20.6. The topological polar surface area (TPSA) is 73.8 Å². The second-order valence-corrected chi connectivity index (χ2v) is 9.68. The number of aryl methyl sites for hydroxylation is 1. The molecule has 7 nitrogen and oxygen atoms in total. The van der Waals surface area contributed by atoms with E-state index in [0.717, 1.165) is 24.2 Å². The maximum Gasteiger partial charge on any atom is 0.253 e. The minimum Gasteiger partial charge on any atom is -0.352 e. The second-order valence-electron chi connectivity index (χ2n) is 7.37. The number of carbonyl (C=O) groups excluding carboxylic acids is 1. The van der Waals surface area contributed by atoms with Crippen LogP contribution in [-0.4, -0.2) is 63.2 Å². The number of carbonyl (C=O) groups is 1. The van der Waals surface area contributed by atoms with E-state index >= 15 is 0 Å². The molecule has 0 atom stereocenters. The molecule has 4 rings (SSSR count). The minimum atomic E-state index is -3.31. The Morgan fingerprint density at radius 1 is 1.10 bits per heavy atom. The average molecular weight is 435 g/mol. The van der Waals surface area contributed by atoms with Gasteiger partial charge < -0.3 is 9.80 Å². The van der Waals surface area contributed by atoms with E-state index in [4.69, 9.17) is 11.6 Å². The molecular formula is C20H23ClN4O3S. The summed E-state index contributed by atoms with van der Waals surface area (Å²) >= 11 is 6.23. The molecule has 1 aromatic heterocycles. The van der Waals surface area contributed by atoms with E-state index in [1.54, 1.807) is 24.4 Å². The number of halogens is 1. The van der Waals surface area contributed by atoms with Gasteiger partial charge in [-0.1, -0.05) is 11.6 Å². The summed E-state index contributed by atoms with van der Waals surface area (Å²) in [4.78, 5) is 21.3. The van der Waals surface area contributed by atoms with E-state index in [1.165, 1.54) is 10.6 Å². The van der Waals surface area contributed by atoms with Crippen LogP contribution in [0.25, 0.3) is 0 Å². The van der Waals surface area contributed by atoms with Gasteiger partial charge in [-0.2, -0.15) is 0 Å². The van der Waals surface area contributed by atoms with Crippen molar-refractivity contribution in [1.82, 2.24) is 9.88 Å². The molecule has 2 aliphatic heterocycles. The molecule has 2 aromatic rings. The Balaban J connectivity index is 1.48. The van der Waals surface area contributed by atoms with Gasteiger partial charge in [-0.05, 0) is 48.7 Å². The number of benzene rings is 1. The molecule has 1 fully saturated rings. The number of aromatic nitrogens is 1. The SMILES string of the molecule is CS(=O)(=O)N1CCCc2cc(C(=O)N3CCN(c4ncccc4Cl)CC3)ccc21. The number of anilines is 2. The zero-order valence-corrected chi connectivity index (χ0v) is 17.8. The van der Waals surface area contributed by atoms with Crippen molar-refractivity contribution in [2.45, 2.75) is 12.8 Å². The van der Waals surface area contributed by atoms with Crippen molar-refractivity contribution in [2.24, 2.45) is 0 Å². The predicted molar refractivity (Wildman–Crippen MR) is 114 cm³/mol. The van der Waals surface area contributed by atoms with Crippen LogP contribution in [-0.2, 0) is 16.4 Å². The highest BCUT2D eigenvalue weighted by atomic mass is 35.5. The minimum absolute atomic E-state index is 0.0314. The molecule has 29 heavy (non-hydrogen) atoms. The van der Waals surface area contributed by atoms with Crippen molar-refractivity contribution in [1.29, 1.82) is 0 Å². The molecule has 0 N–H and O–H groups in total. The van der Waals surface area contributed by atoms with Crippen molar-refractivity contribution in [3.8, 4) is 0 Å². The highest BCUT2D eigenvalue weighted by Crippen LogP contribution is 2.30. The highest BCUT2D eigenvalue weighted by Gasteiger charge is 2.27. The average Bonchev–Trinajstić information content (AvgIpc) is 2.72. The molecule has 0 aliphatic carbocycles. The van der Waals surface area contributed by atoms with Crippen molar-refractivity contribution in [2.75, 3.05) is 48.2 Å². The van der Waals surface area contributed by atoms with Crippen LogP contribution < -0.4 is 9.21 Å². The monoisotopic (exact) mass is 434 g/mol. The quantitative estimate of drug-likeness (QED) is 0.741. The first-order valence-corrected chi connectivity index (χ1v) is 11.8. The van der Waals surface area contributed by atoms with Crippen molar-refractivity contribution in [3.63, 3.8) is 0 Å². The molecule has 1 aromatic carbocycles. The van der Waals surface area contributed by atoms with E-state index < -0.39 is 10.0 Å². The lowest BCUT2D eigenvalue weighted by Gasteiger charge is -2.36. The molecule has 2 aliphatic rings. The van der Waals surface area contributed by atoms with Gasteiger partial charge >= 0.3 is 0 Å². The summed E-state index contributed by atoms with van der Waals surface area (Å²) in [7, 11) is -3.31. The van der Waals surface area contributed by atoms with Gasteiger partial charge in [-0.25, -0.2) is 13.4 Å². The fraction of sp³-hybridized carbons (Fsp3) is 0.400. The molecule has 0 spiro atoms. The largest absolute Gasteiger partial charge is 0.352 e. The summed E-state index contributed by atoms with van der Waals surface area (Å²) in [5, 5.41) is 0.609. The van der Waals surface area contributed by atoms with Crippen molar-refractivity contribution >= 4 is 39.0 Å². The lowest BCUT2D eigenvalue weighted by atomic mass is 10.00. The van der Waals surface area contributed by atoms with Gasteiger partial charge in [0, 0.05) is 44.5 Å². The fourth-order valence-electron chi connectivity index (χ4n) is 3.95. The van der Waals surface area contributed by atoms with Crippen LogP contribution in [0.2, 0.25) is 5.02 Å². The van der Waals surface area contributed by atoms with Crippen molar-refractivity contribution in [3.05, 3.63) is 52.7 Å². The Hall–Kier alpha value is -2.32. The maximum atomic E-state index is 13.0. The molecule has 1 saturated heterocycles. The third kappa shape index (κ3) is 4.04. The number of fused-ring (bicyclic) bond motifs is 1. The Kier molecular flexibility index (Phi) is 5.40. The number of hydrogen-bond donors (Lipinski definition) is 0. The van der Waals surface area contributed by atoms with Crippen LogP contribution in [0.1, 0.15) is 22.3 Å². The Morgan fingerprint density at radius 2 is 1.86 bits per heavy atom. The number of nitrogens with zero attached hydrogens (tertiary/aromatic N) is 4. The highest BCUT2D eigenvalue weighted by molar-refractivity contribution is 7.92. The summed E-state index contributed by atoms with van der Waals surface area (Å²) in [6, 6.07) is 8.94. The van der Waals surface area contributed by atoms with Gasteiger partial charge in [0.15, 0.2) is 0 Å². The summed E-state index contributed by atoms with van der Waals surface area (Å²) in [6.07, 6.45) is 4.45. The van der Waals surface area contributed by atoms with Gasteiger partial charge in [-0.15, -0.1) is 0 Å². The third-order valence-corrected chi connectivity index (χ3v) is 6.88. The van der Waals surface area contributed by atoms with E-state index in [2.05, 4.69) is 9.88 Å². The van der Waals surface area contributed by atoms with E-state index in [9.17, 15) is 13.2 Å². The van der Waals surface area contributed by atoms with Gasteiger partial charge in [0.2, 0.25) is 10.0 Å². The molecule has 154 valence electrons. The lowest BCUT2D eigenvalue weighted by molar-refractivity contribution is 0.0746. The number of amides is 1. The molecule has 0 saturated carbocycles. The van der Waals surface area contributed by atoms with E-state index in [0.29, 0.717) is 49.0 Å². The summed E-state index contributed by atoms with van der Waals surface area (Å²) in [5.41, 5.74) is 2.19. The van der Waals surface area contributed by atoms with Gasteiger partial charge in [0.05, 0.1) is 17.0 Å². The predicted octanol–water partition coefficient (Wildman–Crippen LogP) is 2.41. The van der Waals surface area contributed by atoms with Gasteiger partial charge in [0.1, 0.15) is 5.82 Å². The normalized spacial score (nSPS) is 17.2.